The van der Waals surface area contributed by atoms with E-state index < -0.39 is 0 Å². The average molecular weight is 334 g/mol. The first-order valence-corrected chi connectivity index (χ1v) is 8.85. The van der Waals surface area contributed by atoms with Gasteiger partial charge in [0.05, 0.1) is 12.4 Å². The predicted octanol–water partition coefficient (Wildman–Crippen LogP) is 1.26. The van der Waals surface area contributed by atoms with Crippen molar-refractivity contribution in [3.05, 3.63) is 18.7 Å². The number of aromatic nitrogens is 2. The third-order valence-corrected chi connectivity index (χ3v) is 4.55. The van der Waals surface area contributed by atoms with Crippen LogP contribution in [-0.4, -0.2) is 59.5 Å². The van der Waals surface area contributed by atoms with Crippen LogP contribution in [0.2, 0.25) is 0 Å². The van der Waals surface area contributed by atoms with E-state index in [9.17, 15) is 4.79 Å². The number of nitrogens with zero attached hydrogens (tertiary/aromatic N) is 4. The minimum Gasteiger partial charge on any atom is -0.356 e. The highest BCUT2D eigenvalue weighted by Gasteiger charge is 2.28. The van der Waals surface area contributed by atoms with Gasteiger partial charge in [-0.15, -0.1) is 0 Å². The number of guanidine groups is 1. The number of hydrogen-bond donors (Lipinski definition) is 2. The molecule has 2 unspecified atom stereocenters. The number of aliphatic imine (C=N–C) groups is 1. The standard InChI is InChI=1S/C17H30N6O/c1-4-7-20-16(24)5-8-21-17(18-3)22-10-6-14(2)15(12-22)23-11-9-19-13-23/h9,11,13-15H,4-8,10,12H2,1-3H3,(H,18,21)(H,20,24). The van der Waals surface area contributed by atoms with Gasteiger partial charge in [-0.3, -0.25) is 9.79 Å². The van der Waals surface area contributed by atoms with E-state index >= 15 is 0 Å². The summed E-state index contributed by atoms with van der Waals surface area (Å²) in [6, 6.07) is 0.396. The molecule has 134 valence electrons. The molecular formula is C17H30N6O. The molecule has 0 aliphatic carbocycles. The van der Waals surface area contributed by atoms with Gasteiger partial charge in [0.2, 0.25) is 5.91 Å². The highest BCUT2D eigenvalue weighted by atomic mass is 16.1. The van der Waals surface area contributed by atoms with Crippen LogP contribution < -0.4 is 10.6 Å². The van der Waals surface area contributed by atoms with Gasteiger partial charge in [-0.2, -0.15) is 0 Å². The van der Waals surface area contributed by atoms with Crippen LogP contribution in [0.1, 0.15) is 39.2 Å². The lowest BCUT2D eigenvalue weighted by Crippen LogP contribution is -2.49. The Hall–Kier alpha value is -2.05. The molecule has 1 aromatic heterocycles. The van der Waals surface area contributed by atoms with E-state index in [1.807, 2.05) is 18.7 Å². The van der Waals surface area contributed by atoms with Gasteiger partial charge >= 0.3 is 0 Å². The number of imidazole rings is 1. The second-order valence-electron chi connectivity index (χ2n) is 6.36. The molecule has 1 amide bonds. The number of piperidine rings is 1. The molecule has 24 heavy (non-hydrogen) atoms. The fourth-order valence-corrected chi connectivity index (χ4v) is 3.07. The van der Waals surface area contributed by atoms with Crippen LogP contribution in [0.25, 0.3) is 0 Å². The monoisotopic (exact) mass is 334 g/mol. The van der Waals surface area contributed by atoms with Crippen molar-refractivity contribution in [3.8, 4) is 0 Å². The van der Waals surface area contributed by atoms with Crippen LogP contribution >= 0.6 is 0 Å². The molecule has 0 aromatic carbocycles. The Bertz CT molecular complexity index is 527. The first-order valence-electron chi connectivity index (χ1n) is 8.85. The molecule has 0 saturated carbocycles. The summed E-state index contributed by atoms with van der Waals surface area (Å²) in [5.41, 5.74) is 0. The molecule has 7 heteroatoms. The van der Waals surface area contributed by atoms with Gasteiger partial charge < -0.3 is 20.1 Å². The van der Waals surface area contributed by atoms with E-state index in [4.69, 9.17) is 0 Å². The molecular weight excluding hydrogens is 304 g/mol. The van der Waals surface area contributed by atoms with Crippen LogP contribution in [0.15, 0.2) is 23.7 Å². The van der Waals surface area contributed by atoms with Crippen molar-refractivity contribution in [2.75, 3.05) is 33.2 Å². The molecule has 1 saturated heterocycles. The van der Waals surface area contributed by atoms with Crippen LogP contribution in [0.4, 0.5) is 0 Å². The number of amides is 1. The molecule has 1 aliphatic heterocycles. The van der Waals surface area contributed by atoms with Crippen molar-refractivity contribution in [1.82, 2.24) is 25.1 Å². The van der Waals surface area contributed by atoms with Crippen LogP contribution in [0.5, 0.6) is 0 Å². The van der Waals surface area contributed by atoms with Crippen LogP contribution in [0, 0.1) is 5.92 Å². The highest BCUT2D eigenvalue weighted by molar-refractivity contribution is 5.81. The highest BCUT2D eigenvalue weighted by Crippen LogP contribution is 2.27. The Kier molecular flexibility index (Phi) is 7.08. The maximum atomic E-state index is 11.7. The Morgan fingerprint density at radius 3 is 2.88 bits per heavy atom. The Morgan fingerprint density at radius 1 is 1.38 bits per heavy atom. The van der Waals surface area contributed by atoms with Crippen molar-refractivity contribution < 1.29 is 4.79 Å². The topological polar surface area (TPSA) is 74.6 Å². The van der Waals surface area contributed by atoms with E-state index in [2.05, 4.69) is 43.9 Å². The van der Waals surface area contributed by atoms with E-state index in [1.54, 1.807) is 7.05 Å². The molecule has 2 rings (SSSR count). The lowest BCUT2D eigenvalue weighted by molar-refractivity contribution is -0.120. The van der Waals surface area contributed by atoms with Crippen molar-refractivity contribution in [3.63, 3.8) is 0 Å². The summed E-state index contributed by atoms with van der Waals surface area (Å²) in [5, 5.41) is 6.21. The van der Waals surface area contributed by atoms with Gasteiger partial charge in [0.15, 0.2) is 5.96 Å². The summed E-state index contributed by atoms with van der Waals surface area (Å²) in [7, 11) is 1.80. The maximum absolute atomic E-state index is 11.7. The van der Waals surface area contributed by atoms with Crippen molar-refractivity contribution in [1.29, 1.82) is 0 Å². The van der Waals surface area contributed by atoms with Gasteiger partial charge in [0, 0.05) is 52.0 Å². The third kappa shape index (κ3) is 4.97. The molecule has 0 spiro atoms. The molecule has 0 bridgehead atoms. The largest absolute Gasteiger partial charge is 0.356 e. The van der Waals surface area contributed by atoms with Gasteiger partial charge in [-0.1, -0.05) is 13.8 Å². The summed E-state index contributed by atoms with van der Waals surface area (Å²) < 4.78 is 2.18. The third-order valence-electron chi connectivity index (χ3n) is 4.55. The van der Waals surface area contributed by atoms with Crippen molar-refractivity contribution in [2.24, 2.45) is 10.9 Å². The minimum atomic E-state index is 0.0864. The number of rotatable bonds is 6. The zero-order chi connectivity index (χ0) is 17.4. The van der Waals surface area contributed by atoms with Crippen molar-refractivity contribution >= 4 is 11.9 Å². The van der Waals surface area contributed by atoms with Gasteiger partial charge in [-0.05, 0) is 18.8 Å². The molecule has 1 fully saturated rings. The number of likely N-dealkylation sites (tertiary alicyclic amines) is 1. The lowest BCUT2D eigenvalue weighted by Gasteiger charge is -2.39. The molecule has 1 aromatic rings. The first-order chi connectivity index (χ1) is 11.7. The van der Waals surface area contributed by atoms with Crippen LogP contribution in [-0.2, 0) is 4.79 Å². The quantitative estimate of drug-likeness (QED) is 0.607. The summed E-state index contributed by atoms with van der Waals surface area (Å²) in [4.78, 5) is 22.5. The van der Waals surface area contributed by atoms with Gasteiger partial charge in [0.1, 0.15) is 0 Å². The zero-order valence-corrected chi connectivity index (χ0v) is 15.0. The number of carbonyl (C=O) groups excluding carboxylic acids is 1. The molecule has 2 atom stereocenters. The second kappa shape index (κ2) is 9.30. The van der Waals surface area contributed by atoms with Gasteiger partial charge in [-0.25, -0.2) is 4.98 Å². The average Bonchev–Trinajstić information content (AvgIpc) is 3.12. The molecule has 2 N–H and O–H groups in total. The second-order valence-corrected chi connectivity index (χ2v) is 6.36. The fraction of sp³-hybridized carbons (Fsp3) is 0.706. The maximum Gasteiger partial charge on any atom is 0.221 e. The molecule has 0 radical (unpaired) electrons. The van der Waals surface area contributed by atoms with Crippen molar-refractivity contribution in [2.45, 2.75) is 39.2 Å². The number of nitrogens with one attached hydrogen (secondary N) is 2. The van der Waals surface area contributed by atoms with E-state index in [0.29, 0.717) is 24.9 Å². The zero-order valence-electron chi connectivity index (χ0n) is 15.0. The normalized spacial score (nSPS) is 21.6. The summed E-state index contributed by atoms with van der Waals surface area (Å²) >= 11 is 0. The number of carbonyl (C=O) groups is 1. The van der Waals surface area contributed by atoms with E-state index in [0.717, 1.165) is 38.4 Å². The minimum absolute atomic E-state index is 0.0864. The number of hydrogen-bond acceptors (Lipinski definition) is 3. The van der Waals surface area contributed by atoms with Crippen LogP contribution in [0.3, 0.4) is 0 Å². The van der Waals surface area contributed by atoms with Gasteiger partial charge in [0.25, 0.3) is 0 Å². The summed E-state index contributed by atoms with van der Waals surface area (Å²) in [6.45, 7) is 7.56. The SMILES string of the molecule is CCCNC(=O)CCNC(=NC)N1CCC(C)C(n2ccnc2)C1. The Balaban J connectivity index is 1.85. The van der Waals surface area contributed by atoms with E-state index in [1.165, 1.54) is 0 Å². The summed E-state index contributed by atoms with van der Waals surface area (Å²) in [6.07, 6.45) is 8.28. The smallest absolute Gasteiger partial charge is 0.221 e. The molecule has 7 nitrogen and oxygen atoms in total. The Labute approximate surface area is 144 Å². The fourth-order valence-electron chi connectivity index (χ4n) is 3.07. The lowest BCUT2D eigenvalue weighted by atomic mass is 9.93. The summed E-state index contributed by atoms with van der Waals surface area (Å²) in [5.74, 6) is 1.56. The molecule has 2 heterocycles. The molecule has 1 aliphatic rings. The van der Waals surface area contributed by atoms with E-state index in [-0.39, 0.29) is 5.91 Å². The predicted molar refractivity (Wildman–Crippen MR) is 95.9 cm³/mol. The Morgan fingerprint density at radius 2 is 2.21 bits per heavy atom. The first kappa shape index (κ1) is 18.3.